The van der Waals surface area contributed by atoms with E-state index in [0.29, 0.717) is 28.1 Å². The monoisotopic (exact) mass is 431 g/mol. The first-order chi connectivity index (χ1) is 14.0. The first-order valence-electron chi connectivity index (χ1n) is 8.91. The van der Waals surface area contributed by atoms with Gasteiger partial charge in [-0.1, -0.05) is 17.8 Å². The van der Waals surface area contributed by atoms with Crippen molar-refractivity contribution < 1.29 is 14.3 Å². The predicted molar refractivity (Wildman–Crippen MR) is 113 cm³/mol. The second-order valence-electron chi connectivity index (χ2n) is 6.08. The van der Waals surface area contributed by atoms with E-state index in [-0.39, 0.29) is 11.7 Å². The van der Waals surface area contributed by atoms with E-state index >= 15 is 0 Å². The van der Waals surface area contributed by atoms with Crippen molar-refractivity contribution in [1.82, 2.24) is 19.7 Å². The normalized spacial score (nSPS) is 10.8. The van der Waals surface area contributed by atoms with Gasteiger partial charge in [-0.3, -0.25) is 9.78 Å². The summed E-state index contributed by atoms with van der Waals surface area (Å²) in [6.07, 6.45) is 1.70. The van der Waals surface area contributed by atoms with E-state index in [2.05, 4.69) is 20.5 Å². The van der Waals surface area contributed by atoms with Gasteiger partial charge in [0.2, 0.25) is 5.91 Å². The Kier molecular flexibility index (Phi) is 6.65. The number of aryl methyl sites for hydroxylation is 1. The molecule has 0 unspecified atom stereocenters. The number of rotatable bonds is 7. The lowest BCUT2D eigenvalue weighted by atomic mass is 10.1. The van der Waals surface area contributed by atoms with E-state index in [1.54, 1.807) is 6.20 Å². The molecule has 0 aliphatic heterocycles. The Hall–Kier alpha value is -2.72. The van der Waals surface area contributed by atoms with Crippen LogP contribution in [0.2, 0.25) is 0 Å². The summed E-state index contributed by atoms with van der Waals surface area (Å²) in [6.45, 7) is 6.38. The van der Waals surface area contributed by atoms with Crippen LogP contribution in [0, 0.1) is 13.8 Å². The molecule has 10 heteroatoms. The molecule has 3 aromatic rings. The lowest BCUT2D eigenvalue weighted by Gasteiger charge is -2.08. The summed E-state index contributed by atoms with van der Waals surface area (Å²) in [5.74, 6) is 0.109. The highest BCUT2D eigenvalue weighted by Crippen LogP contribution is 2.33. The Labute approximate surface area is 176 Å². The highest BCUT2D eigenvalue weighted by Gasteiger charge is 2.22. The van der Waals surface area contributed by atoms with Gasteiger partial charge in [0.05, 0.1) is 18.4 Å². The largest absolute Gasteiger partial charge is 0.465 e. The van der Waals surface area contributed by atoms with Crippen LogP contribution in [0.5, 0.6) is 0 Å². The minimum atomic E-state index is -0.458. The number of nitrogens with one attached hydrogen (secondary N) is 1. The smallest absolute Gasteiger partial charge is 0.341 e. The van der Waals surface area contributed by atoms with Gasteiger partial charge in [0.1, 0.15) is 10.7 Å². The Morgan fingerprint density at radius 2 is 2.07 bits per heavy atom. The van der Waals surface area contributed by atoms with Crippen LogP contribution in [0.3, 0.4) is 0 Å². The molecule has 0 fully saturated rings. The molecule has 1 amide bonds. The van der Waals surface area contributed by atoms with Crippen LogP contribution in [0.4, 0.5) is 5.00 Å². The third-order valence-electron chi connectivity index (χ3n) is 4.29. The number of carbonyl (C=O) groups excluding carboxylic acids is 2. The molecule has 0 aliphatic carbocycles. The Bertz CT molecular complexity index is 1030. The number of esters is 1. The molecule has 1 N–H and O–H groups in total. The second kappa shape index (κ2) is 9.19. The molecule has 0 atom stereocenters. The fourth-order valence-corrected chi connectivity index (χ4v) is 4.59. The summed E-state index contributed by atoms with van der Waals surface area (Å²) in [7, 11) is 1.33. The molecule has 0 spiro atoms. The number of thiophene rings is 1. The average molecular weight is 432 g/mol. The van der Waals surface area contributed by atoms with Crippen molar-refractivity contribution in [2.45, 2.75) is 32.5 Å². The third-order valence-corrected chi connectivity index (χ3v) is 6.38. The number of amides is 1. The summed E-state index contributed by atoms with van der Waals surface area (Å²) in [6, 6.07) is 5.60. The van der Waals surface area contributed by atoms with E-state index in [9.17, 15) is 9.59 Å². The van der Waals surface area contributed by atoms with E-state index in [1.807, 2.05) is 43.5 Å². The maximum atomic E-state index is 12.5. The topological polar surface area (TPSA) is 99.0 Å². The van der Waals surface area contributed by atoms with Crippen molar-refractivity contribution in [2.24, 2.45) is 0 Å². The van der Waals surface area contributed by atoms with Crippen LogP contribution in [0.15, 0.2) is 29.6 Å². The SMILES string of the molecule is CCn1c(SCC(=O)Nc2sc(C)c(C)c2C(=O)OC)nnc1-c1ccccn1. The molecule has 0 aliphatic rings. The number of aromatic nitrogens is 4. The highest BCUT2D eigenvalue weighted by molar-refractivity contribution is 7.99. The summed E-state index contributed by atoms with van der Waals surface area (Å²) in [5, 5.41) is 12.4. The van der Waals surface area contributed by atoms with Crippen molar-refractivity contribution in [3.8, 4) is 11.5 Å². The lowest BCUT2D eigenvalue weighted by Crippen LogP contribution is -2.16. The van der Waals surface area contributed by atoms with Crippen LogP contribution in [-0.4, -0.2) is 44.5 Å². The van der Waals surface area contributed by atoms with Gasteiger partial charge in [0.25, 0.3) is 0 Å². The van der Waals surface area contributed by atoms with Crippen molar-refractivity contribution in [1.29, 1.82) is 0 Å². The van der Waals surface area contributed by atoms with Crippen LogP contribution >= 0.6 is 23.1 Å². The number of nitrogens with zero attached hydrogens (tertiary/aromatic N) is 4. The average Bonchev–Trinajstić information content (AvgIpc) is 3.26. The van der Waals surface area contributed by atoms with Crippen molar-refractivity contribution >= 4 is 40.0 Å². The Morgan fingerprint density at radius 1 is 1.28 bits per heavy atom. The van der Waals surface area contributed by atoms with E-state index in [0.717, 1.165) is 16.1 Å². The maximum Gasteiger partial charge on any atom is 0.341 e. The van der Waals surface area contributed by atoms with E-state index in [4.69, 9.17) is 4.74 Å². The molecular weight excluding hydrogens is 410 g/mol. The minimum absolute atomic E-state index is 0.136. The van der Waals surface area contributed by atoms with Crippen LogP contribution < -0.4 is 5.32 Å². The summed E-state index contributed by atoms with van der Waals surface area (Å²) >= 11 is 2.64. The summed E-state index contributed by atoms with van der Waals surface area (Å²) in [4.78, 5) is 29.8. The number of hydrogen-bond acceptors (Lipinski definition) is 8. The standard InChI is InChI=1S/C19H21N5O3S2/c1-5-24-16(13-8-6-7-9-20-13)22-23-19(24)28-10-14(25)21-17-15(18(26)27-4)11(2)12(3)29-17/h6-9H,5,10H2,1-4H3,(H,21,25). The van der Waals surface area contributed by atoms with Crippen molar-refractivity contribution in [3.05, 3.63) is 40.4 Å². The summed E-state index contributed by atoms with van der Waals surface area (Å²) < 4.78 is 6.76. The van der Waals surface area contributed by atoms with E-state index in [1.165, 1.54) is 30.2 Å². The van der Waals surface area contributed by atoms with Crippen LogP contribution in [0.1, 0.15) is 27.7 Å². The number of ether oxygens (including phenoxy) is 1. The van der Waals surface area contributed by atoms with Crippen LogP contribution in [-0.2, 0) is 16.1 Å². The molecule has 3 rings (SSSR count). The molecule has 152 valence electrons. The first-order valence-corrected chi connectivity index (χ1v) is 10.7. The molecule has 0 bridgehead atoms. The fourth-order valence-electron chi connectivity index (χ4n) is 2.72. The molecule has 8 nitrogen and oxygen atoms in total. The molecule has 0 aromatic carbocycles. The van der Waals surface area contributed by atoms with Gasteiger partial charge in [0.15, 0.2) is 11.0 Å². The first kappa shape index (κ1) is 21.0. The zero-order valence-corrected chi connectivity index (χ0v) is 18.2. The van der Waals surface area contributed by atoms with Gasteiger partial charge in [-0.2, -0.15) is 0 Å². The number of carbonyl (C=O) groups is 2. The predicted octanol–water partition coefficient (Wildman–Crippen LogP) is 3.56. The Morgan fingerprint density at radius 3 is 2.72 bits per heavy atom. The van der Waals surface area contributed by atoms with Crippen molar-refractivity contribution in [3.63, 3.8) is 0 Å². The molecule has 3 heterocycles. The molecule has 29 heavy (non-hydrogen) atoms. The quantitative estimate of drug-likeness (QED) is 0.451. The fraction of sp³-hybridized carbons (Fsp3) is 0.316. The molecule has 0 saturated carbocycles. The minimum Gasteiger partial charge on any atom is -0.465 e. The zero-order valence-electron chi connectivity index (χ0n) is 16.6. The Balaban J connectivity index is 1.72. The van der Waals surface area contributed by atoms with Crippen LogP contribution in [0.25, 0.3) is 11.5 Å². The maximum absolute atomic E-state index is 12.5. The molecule has 3 aromatic heterocycles. The number of hydrogen-bond donors (Lipinski definition) is 1. The van der Waals surface area contributed by atoms with E-state index < -0.39 is 5.97 Å². The third kappa shape index (κ3) is 4.48. The number of anilines is 1. The zero-order chi connectivity index (χ0) is 21.0. The number of methoxy groups -OCH3 is 1. The second-order valence-corrected chi connectivity index (χ2v) is 8.25. The molecule has 0 radical (unpaired) electrons. The van der Waals surface area contributed by atoms with Gasteiger partial charge >= 0.3 is 5.97 Å². The lowest BCUT2D eigenvalue weighted by molar-refractivity contribution is -0.113. The van der Waals surface area contributed by atoms with Gasteiger partial charge in [-0.25, -0.2) is 4.79 Å². The molecule has 0 saturated heterocycles. The van der Waals surface area contributed by atoms with Gasteiger partial charge in [0, 0.05) is 17.6 Å². The molecular formula is C19H21N5O3S2. The van der Waals surface area contributed by atoms with Gasteiger partial charge in [-0.05, 0) is 38.5 Å². The summed E-state index contributed by atoms with van der Waals surface area (Å²) in [5.41, 5.74) is 1.95. The van der Waals surface area contributed by atoms with Gasteiger partial charge < -0.3 is 14.6 Å². The highest BCUT2D eigenvalue weighted by atomic mass is 32.2. The van der Waals surface area contributed by atoms with Gasteiger partial charge in [-0.15, -0.1) is 21.5 Å². The number of pyridine rings is 1. The van der Waals surface area contributed by atoms with Crippen molar-refractivity contribution in [2.75, 3.05) is 18.2 Å². The number of thioether (sulfide) groups is 1.